The molecular formula is C35H36Cl2N4O4. The molecule has 1 N–H and O–H groups in total. The van der Waals surface area contributed by atoms with E-state index in [4.69, 9.17) is 27.9 Å². The fourth-order valence-corrected chi connectivity index (χ4v) is 6.41. The molecule has 0 aliphatic carbocycles. The van der Waals surface area contributed by atoms with E-state index in [1.165, 1.54) is 17.0 Å². The highest BCUT2D eigenvalue weighted by atomic mass is 35.5. The minimum Gasteiger partial charge on any atom is -0.494 e. The van der Waals surface area contributed by atoms with Crippen molar-refractivity contribution in [2.75, 3.05) is 18.6 Å². The second kappa shape index (κ2) is 12.6. The molecule has 5 rings (SSSR count). The third kappa shape index (κ3) is 5.92. The van der Waals surface area contributed by atoms with Gasteiger partial charge in [-0.3, -0.25) is 9.48 Å². The first kappa shape index (κ1) is 32.1. The molecule has 45 heavy (non-hydrogen) atoms. The number of rotatable bonds is 9. The highest BCUT2D eigenvalue weighted by molar-refractivity contribution is 6.35. The average molecular weight is 648 g/mol. The Balaban J connectivity index is 1.61. The van der Waals surface area contributed by atoms with Crippen molar-refractivity contribution in [1.29, 1.82) is 0 Å². The van der Waals surface area contributed by atoms with Gasteiger partial charge in [0.2, 0.25) is 0 Å². The second-order valence-corrected chi connectivity index (χ2v) is 12.2. The molecule has 0 saturated carbocycles. The Morgan fingerprint density at radius 1 is 0.978 bits per heavy atom. The normalized spacial score (nSPS) is 11.3. The number of carbonyl (C=O) groups is 2. The van der Waals surface area contributed by atoms with Gasteiger partial charge in [0, 0.05) is 54.1 Å². The summed E-state index contributed by atoms with van der Waals surface area (Å²) >= 11 is 13.3. The average Bonchev–Trinajstić information content (AvgIpc) is 3.43. The van der Waals surface area contributed by atoms with Gasteiger partial charge >= 0.3 is 5.97 Å². The summed E-state index contributed by atoms with van der Waals surface area (Å²) < 4.78 is 9.85. The van der Waals surface area contributed by atoms with Crippen molar-refractivity contribution in [3.05, 3.63) is 97.9 Å². The number of aromatic nitrogens is 3. The van der Waals surface area contributed by atoms with Crippen LogP contribution in [0.3, 0.4) is 0 Å². The first-order valence-electron chi connectivity index (χ1n) is 14.6. The van der Waals surface area contributed by atoms with Gasteiger partial charge in [0.1, 0.15) is 11.4 Å². The fraction of sp³-hybridized carbons (Fsp3) is 0.286. The Morgan fingerprint density at radius 2 is 1.67 bits per heavy atom. The molecule has 0 fully saturated rings. The van der Waals surface area contributed by atoms with Crippen LogP contribution in [0, 0.1) is 27.7 Å². The van der Waals surface area contributed by atoms with E-state index in [2.05, 4.69) is 5.10 Å². The maximum Gasteiger partial charge on any atom is 0.335 e. The number of carboxylic acids is 1. The summed E-state index contributed by atoms with van der Waals surface area (Å²) in [5, 5.41) is 16.4. The molecule has 10 heteroatoms. The number of benzene rings is 3. The summed E-state index contributed by atoms with van der Waals surface area (Å²) in [4.78, 5) is 27.5. The first-order valence-corrected chi connectivity index (χ1v) is 15.4. The summed E-state index contributed by atoms with van der Waals surface area (Å²) in [5.41, 5.74) is 8.22. The van der Waals surface area contributed by atoms with Gasteiger partial charge in [-0.15, -0.1) is 0 Å². The molecule has 0 bridgehead atoms. The Kier molecular flexibility index (Phi) is 9.01. The molecule has 0 saturated heterocycles. The van der Waals surface area contributed by atoms with Gasteiger partial charge in [0.15, 0.2) is 0 Å². The molecule has 0 unspecified atom stereocenters. The van der Waals surface area contributed by atoms with Crippen LogP contribution >= 0.6 is 23.2 Å². The predicted molar refractivity (Wildman–Crippen MR) is 180 cm³/mol. The first-order chi connectivity index (χ1) is 21.3. The van der Waals surface area contributed by atoms with Crippen LogP contribution in [0.2, 0.25) is 10.0 Å². The number of nitrogens with zero attached hydrogens (tertiary/aromatic N) is 4. The summed E-state index contributed by atoms with van der Waals surface area (Å²) in [7, 11) is 5.43. The van der Waals surface area contributed by atoms with Crippen LogP contribution in [0.15, 0.2) is 48.5 Å². The summed E-state index contributed by atoms with van der Waals surface area (Å²) in [6, 6.07) is 14.0. The summed E-state index contributed by atoms with van der Waals surface area (Å²) in [5.74, 6) is -0.577. The number of hydrogen-bond donors (Lipinski definition) is 1. The van der Waals surface area contributed by atoms with Crippen molar-refractivity contribution in [3.63, 3.8) is 0 Å². The third-order valence-electron chi connectivity index (χ3n) is 8.41. The van der Waals surface area contributed by atoms with Gasteiger partial charge < -0.3 is 19.3 Å². The monoisotopic (exact) mass is 646 g/mol. The molecule has 0 atom stereocenters. The van der Waals surface area contributed by atoms with Crippen LogP contribution in [0.4, 0.5) is 5.69 Å². The third-order valence-corrected chi connectivity index (χ3v) is 9.32. The molecule has 234 valence electrons. The van der Waals surface area contributed by atoms with Gasteiger partial charge in [-0.2, -0.15) is 5.10 Å². The van der Waals surface area contributed by atoms with Crippen molar-refractivity contribution in [2.24, 2.45) is 14.1 Å². The number of anilines is 1. The number of aryl methyl sites for hydroxylation is 6. The largest absolute Gasteiger partial charge is 0.494 e. The number of halogens is 2. The van der Waals surface area contributed by atoms with Crippen molar-refractivity contribution in [1.82, 2.24) is 14.3 Å². The molecular weight excluding hydrogens is 611 g/mol. The zero-order valence-corrected chi connectivity index (χ0v) is 28.0. The number of hydrogen-bond acceptors (Lipinski definition) is 4. The maximum atomic E-state index is 14.3. The van der Waals surface area contributed by atoms with Crippen LogP contribution in [-0.2, 0) is 20.5 Å². The molecule has 2 heterocycles. The van der Waals surface area contributed by atoms with E-state index >= 15 is 0 Å². The SMILES string of the molecule is Cc1cc(OCCCc2c(C(=O)N(C)c3cccc(C(=O)O)c3)n(C)c3c(-c4c(C)nn(C)c4C)c(Cl)ccc23)cc(C)c1Cl. The van der Waals surface area contributed by atoms with Crippen molar-refractivity contribution in [3.8, 4) is 16.9 Å². The van der Waals surface area contributed by atoms with Gasteiger partial charge in [-0.1, -0.05) is 35.3 Å². The van der Waals surface area contributed by atoms with Crippen LogP contribution < -0.4 is 9.64 Å². The fourth-order valence-electron chi connectivity index (χ4n) is 6.05. The van der Waals surface area contributed by atoms with Crippen molar-refractivity contribution < 1.29 is 19.4 Å². The van der Waals surface area contributed by atoms with Crippen LogP contribution in [-0.4, -0.2) is 45.0 Å². The minimum absolute atomic E-state index is 0.103. The van der Waals surface area contributed by atoms with Gasteiger partial charge in [-0.25, -0.2) is 4.79 Å². The van der Waals surface area contributed by atoms with E-state index in [9.17, 15) is 14.7 Å². The molecule has 0 aliphatic rings. The Hall–Kier alpha value is -4.27. The van der Waals surface area contributed by atoms with Crippen LogP contribution in [0.1, 0.15) is 55.3 Å². The number of ether oxygens (including phenoxy) is 1. The molecule has 3 aromatic carbocycles. The lowest BCUT2D eigenvalue weighted by Crippen LogP contribution is -2.29. The van der Waals surface area contributed by atoms with E-state index in [0.29, 0.717) is 35.9 Å². The molecule has 0 radical (unpaired) electrons. The lowest BCUT2D eigenvalue weighted by molar-refractivity contribution is 0.0696. The van der Waals surface area contributed by atoms with Crippen molar-refractivity contribution in [2.45, 2.75) is 40.5 Å². The van der Waals surface area contributed by atoms with Gasteiger partial charge in [0.25, 0.3) is 5.91 Å². The number of amides is 1. The molecule has 5 aromatic rings. The Morgan fingerprint density at radius 3 is 2.29 bits per heavy atom. The maximum absolute atomic E-state index is 14.3. The molecule has 8 nitrogen and oxygen atoms in total. The van der Waals surface area contributed by atoms with Crippen molar-refractivity contribution >= 4 is 51.7 Å². The zero-order valence-electron chi connectivity index (χ0n) is 26.5. The highest BCUT2D eigenvalue weighted by Gasteiger charge is 2.28. The van der Waals surface area contributed by atoms with Gasteiger partial charge in [0.05, 0.1) is 28.4 Å². The number of fused-ring (bicyclic) bond motifs is 1. The van der Waals surface area contributed by atoms with Gasteiger partial charge in [-0.05, 0) is 93.6 Å². The predicted octanol–water partition coefficient (Wildman–Crippen LogP) is 8.11. The van der Waals surface area contributed by atoms with E-state index in [1.54, 1.807) is 19.2 Å². The van der Waals surface area contributed by atoms with Crippen LogP contribution in [0.5, 0.6) is 5.75 Å². The van der Waals surface area contributed by atoms with E-state index in [-0.39, 0.29) is 11.5 Å². The smallest absolute Gasteiger partial charge is 0.335 e. The quantitative estimate of drug-likeness (QED) is 0.163. The summed E-state index contributed by atoms with van der Waals surface area (Å²) in [6.07, 6.45) is 1.19. The van der Waals surface area contributed by atoms with E-state index in [1.807, 2.05) is 75.3 Å². The molecule has 2 aromatic heterocycles. The molecule has 1 amide bonds. The number of carboxylic acid groups (broad SMARTS) is 1. The zero-order chi connectivity index (χ0) is 32.7. The lowest BCUT2D eigenvalue weighted by atomic mass is 9.98. The Labute approximate surface area is 272 Å². The van der Waals surface area contributed by atoms with Crippen LogP contribution in [0.25, 0.3) is 22.0 Å². The summed E-state index contributed by atoms with van der Waals surface area (Å²) in [6.45, 7) is 8.29. The Bertz CT molecular complexity index is 1950. The molecule has 0 spiro atoms. The number of carbonyl (C=O) groups excluding carboxylic acids is 1. The highest BCUT2D eigenvalue weighted by Crippen LogP contribution is 2.42. The number of aromatic carboxylic acids is 1. The van der Waals surface area contributed by atoms with E-state index < -0.39 is 5.97 Å². The minimum atomic E-state index is -1.06. The standard InChI is InChI=1S/C35H36Cl2N4O4/c1-19-16-25(17-20(2)31(19)37)45-15-9-12-26-27-13-14-28(36)30(29-21(3)38-41(7)22(29)4)32(27)40(6)33(26)34(42)39(5)24-11-8-10-23(18-24)35(43)44/h8,10-11,13-14,16-18H,9,12,15H2,1-7H3,(H,43,44). The molecule has 0 aliphatic heterocycles. The van der Waals surface area contributed by atoms with E-state index in [0.717, 1.165) is 60.9 Å². The second-order valence-electron chi connectivity index (χ2n) is 11.4. The topological polar surface area (TPSA) is 89.6 Å². The lowest BCUT2D eigenvalue weighted by Gasteiger charge is -2.20.